The van der Waals surface area contributed by atoms with Gasteiger partial charge in [-0.1, -0.05) is 0 Å². The maximum Gasteiger partial charge on any atom is 0.131 e. The normalized spacial score (nSPS) is 16.0. The molecule has 2 aromatic heterocycles. The zero-order valence-electron chi connectivity index (χ0n) is 15.9. The van der Waals surface area contributed by atoms with Gasteiger partial charge in [-0.3, -0.25) is 4.68 Å². The third-order valence-corrected chi connectivity index (χ3v) is 5.58. The summed E-state index contributed by atoms with van der Waals surface area (Å²) in [5.41, 5.74) is 8.20. The van der Waals surface area contributed by atoms with Crippen molar-refractivity contribution < 1.29 is 0 Å². The molecule has 4 rings (SSSR count). The molecule has 0 bridgehead atoms. The van der Waals surface area contributed by atoms with Crippen LogP contribution in [0.1, 0.15) is 24.8 Å². The van der Waals surface area contributed by atoms with E-state index in [0.717, 1.165) is 35.5 Å². The number of pyridine rings is 1. The van der Waals surface area contributed by atoms with Crippen LogP contribution in [-0.2, 0) is 13.1 Å². The Kier molecular flexibility index (Phi) is 5.25. The monoisotopic (exact) mass is 364 g/mol. The number of fused-ring (bicyclic) bond motifs is 1. The quantitative estimate of drug-likeness (QED) is 0.702. The van der Waals surface area contributed by atoms with Gasteiger partial charge in [0.1, 0.15) is 5.82 Å². The Morgan fingerprint density at radius 1 is 1.22 bits per heavy atom. The van der Waals surface area contributed by atoms with E-state index in [0.29, 0.717) is 5.82 Å². The van der Waals surface area contributed by atoms with Crippen LogP contribution < -0.4 is 11.1 Å². The molecule has 1 aliphatic rings. The van der Waals surface area contributed by atoms with E-state index in [9.17, 15) is 0 Å². The van der Waals surface area contributed by atoms with E-state index >= 15 is 0 Å². The van der Waals surface area contributed by atoms with E-state index in [4.69, 9.17) is 5.73 Å². The van der Waals surface area contributed by atoms with Crippen LogP contribution >= 0.6 is 0 Å². The number of nitrogens with zero attached hydrogens (tertiary/aromatic N) is 4. The van der Waals surface area contributed by atoms with Gasteiger partial charge < -0.3 is 16.0 Å². The average molecular weight is 364 g/mol. The number of hydrogen-bond donors (Lipinski definition) is 2. The first-order valence-corrected chi connectivity index (χ1v) is 9.75. The zero-order chi connectivity index (χ0) is 18.6. The summed E-state index contributed by atoms with van der Waals surface area (Å²) in [4.78, 5) is 6.55. The van der Waals surface area contributed by atoms with Crippen LogP contribution in [0.3, 0.4) is 0 Å². The summed E-state index contributed by atoms with van der Waals surface area (Å²) in [5.74, 6) is 1.41. The van der Waals surface area contributed by atoms with Crippen molar-refractivity contribution >= 4 is 22.3 Å². The molecular weight excluding hydrogens is 336 g/mol. The fraction of sp³-hybridized carbons (Fsp3) is 0.429. The Balaban J connectivity index is 1.30. The second-order valence-electron chi connectivity index (χ2n) is 7.63. The van der Waals surface area contributed by atoms with Gasteiger partial charge in [0, 0.05) is 42.1 Å². The number of aromatic nitrogens is 3. The number of piperidine rings is 1. The van der Waals surface area contributed by atoms with Gasteiger partial charge in [0.15, 0.2) is 0 Å². The molecule has 0 radical (unpaired) electrons. The van der Waals surface area contributed by atoms with Gasteiger partial charge in [-0.15, -0.1) is 0 Å². The predicted molar refractivity (Wildman–Crippen MR) is 111 cm³/mol. The number of nitrogens with two attached hydrogens (primary N) is 1. The fourth-order valence-corrected chi connectivity index (χ4v) is 3.80. The molecule has 0 aliphatic carbocycles. The Bertz CT molecular complexity index is 895. The minimum atomic E-state index is 0.574. The maximum absolute atomic E-state index is 5.92. The number of anilines is 2. The van der Waals surface area contributed by atoms with Crippen molar-refractivity contribution in [2.75, 3.05) is 31.2 Å². The summed E-state index contributed by atoms with van der Waals surface area (Å²) in [6, 6.07) is 8.16. The lowest BCUT2D eigenvalue weighted by Crippen LogP contribution is -2.30. The molecule has 1 aliphatic heterocycles. The summed E-state index contributed by atoms with van der Waals surface area (Å²) in [6.45, 7) is 4.23. The van der Waals surface area contributed by atoms with Crippen molar-refractivity contribution in [1.29, 1.82) is 0 Å². The fourth-order valence-electron chi connectivity index (χ4n) is 3.80. The molecule has 1 aromatic carbocycles. The Morgan fingerprint density at radius 3 is 2.93 bits per heavy atom. The molecule has 0 saturated carbocycles. The number of aryl methyl sites for hydroxylation is 1. The third kappa shape index (κ3) is 4.39. The SMILES string of the molecule is CN1CCC(CCn2cc(CNc3ccc4c(N)nccc4c3)cn2)CC1. The highest BCUT2D eigenvalue weighted by atomic mass is 15.3. The molecule has 0 spiro atoms. The third-order valence-electron chi connectivity index (χ3n) is 5.58. The first-order valence-electron chi connectivity index (χ1n) is 9.75. The molecule has 3 heterocycles. The van der Waals surface area contributed by atoms with E-state index in [-0.39, 0.29) is 0 Å². The van der Waals surface area contributed by atoms with Crippen LogP contribution in [0.25, 0.3) is 10.8 Å². The Labute approximate surface area is 160 Å². The number of nitrogen functional groups attached to an aromatic ring is 1. The standard InChI is InChI=1S/C21H28N6/c1-26-9-5-16(6-10-26)7-11-27-15-17(14-25-27)13-24-19-2-3-20-18(12-19)4-8-23-21(20)22/h2-4,8,12,14-16,24H,5-7,9-11,13H2,1H3,(H2,22,23). The van der Waals surface area contributed by atoms with Crippen molar-refractivity contribution in [1.82, 2.24) is 19.7 Å². The highest BCUT2D eigenvalue weighted by molar-refractivity contribution is 5.92. The van der Waals surface area contributed by atoms with Crippen LogP contribution in [0.5, 0.6) is 0 Å². The zero-order valence-corrected chi connectivity index (χ0v) is 15.9. The number of likely N-dealkylation sites (tertiary alicyclic amines) is 1. The topological polar surface area (TPSA) is 72.0 Å². The number of rotatable bonds is 6. The van der Waals surface area contributed by atoms with E-state index in [1.54, 1.807) is 6.20 Å². The van der Waals surface area contributed by atoms with Gasteiger partial charge in [-0.25, -0.2) is 4.98 Å². The number of nitrogens with one attached hydrogen (secondary N) is 1. The van der Waals surface area contributed by atoms with Crippen LogP contribution in [-0.4, -0.2) is 39.8 Å². The van der Waals surface area contributed by atoms with Gasteiger partial charge in [-0.05, 0) is 75.0 Å². The van der Waals surface area contributed by atoms with Gasteiger partial charge >= 0.3 is 0 Å². The first kappa shape index (κ1) is 17.8. The second-order valence-corrected chi connectivity index (χ2v) is 7.63. The van der Waals surface area contributed by atoms with Crippen LogP contribution in [0.15, 0.2) is 42.9 Å². The lowest BCUT2D eigenvalue weighted by molar-refractivity contribution is 0.206. The summed E-state index contributed by atoms with van der Waals surface area (Å²) >= 11 is 0. The minimum absolute atomic E-state index is 0.574. The molecule has 142 valence electrons. The summed E-state index contributed by atoms with van der Waals surface area (Å²) in [7, 11) is 2.21. The Morgan fingerprint density at radius 2 is 2.07 bits per heavy atom. The minimum Gasteiger partial charge on any atom is -0.383 e. The summed E-state index contributed by atoms with van der Waals surface area (Å²) < 4.78 is 2.09. The second kappa shape index (κ2) is 7.96. The van der Waals surface area contributed by atoms with E-state index < -0.39 is 0 Å². The first-order chi connectivity index (χ1) is 13.2. The largest absolute Gasteiger partial charge is 0.383 e. The lowest BCUT2D eigenvalue weighted by Gasteiger charge is -2.28. The van der Waals surface area contributed by atoms with E-state index in [1.165, 1.54) is 37.9 Å². The van der Waals surface area contributed by atoms with Crippen molar-refractivity contribution in [3.8, 4) is 0 Å². The van der Waals surface area contributed by atoms with Gasteiger partial charge in [0.2, 0.25) is 0 Å². The number of benzene rings is 1. The lowest BCUT2D eigenvalue weighted by atomic mass is 9.94. The summed E-state index contributed by atoms with van der Waals surface area (Å²) in [6.07, 6.45) is 9.72. The molecular formula is C21H28N6. The van der Waals surface area contributed by atoms with E-state index in [2.05, 4.69) is 44.3 Å². The van der Waals surface area contributed by atoms with Crippen molar-refractivity contribution in [3.63, 3.8) is 0 Å². The van der Waals surface area contributed by atoms with Gasteiger partial charge in [0.25, 0.3) is 0 Å². The Hall–Kier alpha value is -2.60. The molecule has 0 atom stereocenters. The molecule has 27 heavy (non-hydrogen) atoms. The van der Waals surface area contributed by atoms with Crippen LogP contribution in [0, 0.1) is 5.92 Å². The molecule has 1 saturated heterocycles. The molecule has 1 fully saturated rings. The molecule has 6 heteroatoms. The molecule has 6 nitrogen and oxygen atoms in total. The van der Waals surface area contributed by atoms with Gasteiger partial charge in [0.05, 0.1) is 6.20 Å². The van der Waals surface area contributed by atoms with Gasteiger partial charge in [-0.2, -0.15) is 5.10 Å². The molecule has 3 aromatic rings. The molecule has 3 N–H and O–H groups in total. The highest BCUT2D eigenvalue weighted by Crippen LogP contribution is 2.23. The van der Waals surface area contributed by atoms with Crippen molar-refractivity contribution in [2.24, 2.45) is 5.92 Å². The van der Waals surface area contributed by atoms with Crippen molar-refractivity contribution in [2.45, 2.75) is 32.4 Å². The van der Waals surface area contributed by atoms with E-state index in [1.807, 2.05) is 24.4 Å². The molecule has 0 amide bonds. The van der Waals surface area contributed by atoms with Crippen LogP contribution in [0.4, 0.5) is 11.5 Å². The maximum atomic E-state index is 5.92. The summed E-state index contributed by atoms with van der Waals surface area (Å²) in [5, 5.41) is 10.1. The smallest absolute Gasteiger partial charge is 0.131 e. The van der Waals surface area contributed by atoms with Crippen molar-refractivity contribution in [3.05, 3.63) is 48.4 Å². The van der Waals surface area contributed by atoms with Crippen LogP contribution in [0.2, 0.25) is 0 Å². The highest BCUT2D eigenvalue weighted by Gasteiger charge is 2.16. The molecule has 0 unspecified atom stereocenters. The average Bonchev–Trinajstić information content (AvgIpc) is 3.14. The number of hydrogen-bond acceptors (Lipinski definition) is 5. The predicted octanol–water partition coefficient (Wildman–Crippen LogP) is 3.36.